The van der Waals surface area contributed by atoms with E-state index in [0.29, 0.717) is 58.3 Å². The lowest BCUT2D eigenvalue weighted by Gasteiger charge is -2.26. The summed E-state index contributed by atoms with van der Waals surface area (Å²) in [6, 6.07) is 29.6. The van der Waals surface area contributed by atoms with E-state index in [1.807, 2.05) is 46.8 Å². The topological polar surface area (TPSA) is 425 Å². The lowest BCUT2D eigenvalue weighted by atomic mass is 10.1. The quantitative estimate of drug-likeness (QED) is 0.0106. The molecule has 0 aliphatic carbocycles. The van der Waals surface area contributed by atoms with Gasteiger partial charge >= 0.3 is 23.9 Å². The summed E-state index contributed by atoms with van der Waals surface area (Å²) in [7, 11) is -12.8. The van der Waals surface area contributed by atoms with Crippen molar-refractivity contribution < 1.29 is 91.7 Å². The van der Waals surface area contributed by atoms with E-state index in [1.165, 1.54) is 65.4 Å². The maximum atomic E-state index is 13.2. The van der Waals surface area contributed by atoms with Gasteiger partial charge in [0.1, 0.15) is 65.6 Å². The van der Waals surface area contributed by atoms with Crippen LogP contribution in [-0.4, -0.2) is 161 Å². The second-order valence-electron chi connectivity index (χ2n) is 23.1. The Bertz CT molecular complexity index is 3680. The van der Waals surface area contributed by atoms with Gasteiger partial charge in [-0.1, -0.05) is 88.4 Å². The molecule has 544 valence electrons. The van der Waals surface area contributed by atoms with Crippen LogP contribution in [0, 0.1) is 0 Å². The summed E-state index contributed by atoms with van der Waals surface area (Å²) in [4.78, 5) is 73.9. The van der Waals surface area contributed by atoms with Crippen molar-refractivity contribution in [1.29, 1.82) is 0 Å². The largest absolute Gasteiger partial charge is 0.508 e. The monoisotopic (exact) mass is 1460 g/mol. The number of hydrogen-bond acceptors (Lipinski definition) is 20. The molecule has 13 N–H and O–H groups in total. The summed E-state index contributed by atoms with van der Waals surface area (Å²) in [5, 5.41) is 57.9. The standard InChI is InChI=1S/C22H31N2O5P.C16H22N3O4P.C13H20NO5P.C12H17NO3.C4H7N2O2P/c1-4-13-29-22(27)21(15-18-7-11-20(26)12-8-18)24-30(3,28)23-16(2)14-17-5-9-19(25)10-6-17;1-3-10-23-16(21)15(11-13-4-6-14(20)7-5-13)18-24(2,22)19-9-8-17-12-19;1-3-8-19-13(16)12(14-20(2,17)18)9-10-4-6-11(15)7-5-10;1-2-7-16-12(15)11(13)8-9-3-5-10(14)6-4-9;1-9(7,8)6-3-2-5-4-6/h5-12,16,21,25-26H,4,13-15H2,1-3H3,(H2,23,24,28);4-9,12,15,20H,3,10-11H2,1-2H3,(H,18,22);4-7,12,15H,3,8-9H2,1-2H3,(H2,14,17,18);3-6,11,14H,2,7-8,13H2,1H3;2-4H,1H3,(H,7,8). The van der Waals surface area contributed by atoms with Crippen LogP contribution in [-0.2, 0) is 88.5 Å². The van der Waals surface area contributed by atoms with Crippen molar-refractivity contribution in [3.05, 3.63) is 187 Å². The number of aromatic nitrogens is 4. The number of ether oxygens (including phenoxy) is 4. The molecule has 2 aromatic heterocycles. The number of carbonyl (C=O) groups excluding carboxylic acids is 4. The molecule has 2 heterocycles. The summed E-state index contributed by atoms with van der Waals surface area (Å²) < 4.78 is 71.4. The summed E-state index contributed by atoms with van der Waals surface area (Å²) in [6.07, 6.45) is 13.5. The third kappa shape index (κ3) is 35.6. The first-order valence-electron chi connectivity index (χ1n) is 31.8. The molecular formula is C67H97N9O19P4. The summed E-state index contributed by atoms with van der Waals surface area (Å²) >= 11 is 0. The van der Waals surface area contributed by atoms with Crippen LogP contribution < -0.4 is 26.1 Å². The van der Waals surface area contributed by atoms with Crippen LogP contribution in [0.3, 0.4) is 0 Å². The third-order valence-corrected chi connectivity index (χ3v) is 19.0. The molecule has 0 fully saturated rings. The highest BCUT2D eigenvalue weighted by atomic mass is 31.2. The van der Waals surface area contributed by atoms with Crippen LogP contribution in [0.15, 0.2) is 159 Å². The zero-order valence-electron chi connectivity index (χ0n) is 57.3. The fourth-order valence-electron chi connectivity index (χ4n) is 8.72. The van der Waals surface area contributed by atoms with Crippen molar-refractivity contribution in [2.75, 3.05) is 53.1 Å². The number of hydrogen-bond donors (Lipinski definition) is 12. The van der Waals surface area contributed by atoms with Crippen LogP contribution in [0.2, 0.25) is 0 Å². The molecule has 99 heavy (non-hydrogen) atoms. The molecule has 0 saturated carbocycles. The molecule has 0 radical (unpaired) electrons. The lowest BCUT2D eigenvalue weighted by molar-refractivity contribution is -0.146. The average molecular weight is 1460 g/mol. The Labute approximate surface area is 578 Å². The van der Waals surface area contributed by atoms with Gasteiger partial charge in [-0.3, -0.25) is 51.2 Å². The number of aromatic hydroxyl groups is 5. The molecule has 7 aromatic rings. The Morgan fingerprint density at radius 2 is 0.727 bits per heavy atom. The van der Waals surface area contributed by atoms with Gasteiger partial charge in [0.2, 0.25) is 14.9 Å². The molecule has 0 saturated heterocycles. The van der Waals surface area contributed by atoms with E-state index in [0.717, 1.165) is 40.9 Å². The molecule has 5 aromatic carbocycles. The minimum atomic E-state index is -3.55. The number of phenols is 5. The van der Waals surface area contributed by atoms with Crippen LogP contribution >= 0.6 is 29.9 Å². The molecule has 9 atom stereocenters. The molecule has 0 spiro atoms. The van der Waals surface area contributed by atoms with Gasteiger partial charge in [0, 0.05) is 57.5 Å². The first-order chi connectivity index (χ1) is 46.7. The number of imidazole rings is 2. The Morgan fingerprint density at radius 1 is 0.434 bits per heavy atom. The van der Waals surface area contributed by atoms with Crippen LogP contribution in [0.1, 0.15) is 88.1 Å². The van der Waals surface area contributed by atoms with Crippen molar-refractivity contribution in [3.63, 3.8) is 0 Å². The Balaban J connectivity index is 0.000000335. The number of nitrogens with zero attached hydrogens (tertiary/aromatic N) is 4. The number of esters is 4. The van der Waals surface area contributed by atoms with E-state index in [1.54, 1.807) is 110 Å². The number of phenolic OH excluding ortho intramolecular Hbond substituents is 5. The number of rotatable bonds is 32. The third-order valence-electron chi connectivity index (χ3n) is 13.5. The Morgan fingerprint density at radius 3 is 1.02 bits per heavy atom. The molecule has 32 heteroatoms. The number of benzene rings is 5. The molecule has 28 nitrogen and oxygen atoms in total. The average Bonchev–Trinajstić information content (AvgIpc) is 1.83. The van der Waals surface area contributed by atoms with Crippen LogP contribution in [0.25, 0.3) is 0 Å². The van der Waals surface area contributed by atoms with E-state index in [9.17, 15) is 62.8 Å². The summed E-state index contributed by atoms with van der Waals surface area (Å²) in [5.74, 6) is -1.04. The summed E-state index contributed by atoms with van der Waals surface area (Å²) in [6.45, 7) is 16.3. The zero-order valence-corrected chi connectivity index (χ0v) is 60.9. The minimum absolute atomic E-state index is 0.121. The number of nitrogens with one attached hydrogen (secondary N) is 4. The van der Waals surface area contributed by atoms with Gasteiger partial charge in [-0.25, -0.2) is 25.2 Å². The van der Waals surface area contributed by atoms with Crippen molar-refractivity contribution in [2.24, 2.45) is 5.73 Å². The van der Waals surface area contributed by atoms with E-state index >= 15 is 0 Å². The predicted molar refractivity (Wildman–Crippen MR) is 379 cm³/mol. The fourth-order valence-corrected chi connectivity index (χ4v) is 13.3. The van der Waals surface area contributed by atoms with Crippen molar-refractivity contribution >= 4 is 53.8 Å². The zero-order chi connectivity index (χ0) is 73.8. The molecule has 0 aliphatic heterocycles. The van der Waals surface area contributed by atoms with Gasteiger partial charge < -0.3 is 60.0 Å². The van der Waals surface area contributed by atoms with Gasteiger partial charge in [0.05, 0.1) is 26.4 Å². The van der Waals surface area contributed by atoms with E-state index in [2.05, 4.69) is 30.3 Å². The Hall–Kier alpha value is -7.96. The highest BCUT2D eigenvalue weighted by molar-refractivity contribution is 7.59. The molecule has 0 amide bonds. The van der Waals surface area contributed by atoms with Gasteiger partial charge in [-0.2, -0.15) is 0 Å². The van der Waals surface area contributed by atoms with Crippen LogP contribution in [0.4, 0.5) is 0 Å². The first kappa shape index (κ1) is 85.3. The molecule has 7 rings (SSSR count). The smallest absolute Gasteiger partial charge is 0.323 e. The number of nitrogens with two attached hydrogens (primary N) is 1. The first-order valence-corrected chi connectivity index (χ1v) is 40.2. The fraction of sp³-hybridized carbons (Fsp3) is 0.403. The highest BCUT2D eigenvalue weighted by Crippen LogP contribution is 2.39. The summed E-state index contributed by atoms with van der Waals surface area (Å²) in [5.41, 5.74) is 9.98. The maximum Gasteiger partial charge on any atom is 0.323 e. The van der Waals surface area contributed by atoms with E-state index < -0.39 is 72.0 Å². The van der Waals surface area contributed by atoms with E-state index in [-0.39, 0.29) is 60.2 Å². The van der Waals surface area contributed by atoms with Gasteiger partial charge in [0.25, 0.3) is 15.0 Å². The minimum Gasteiger partial charge on any atom is -0.508 e. The van der Waals surface area contributed by atoms with Gasteiger partial charge in [-0.05, 0) is 153 Å². The highest BCUT2D eigenvalue weighted by Gasteiger charge is 2.31. The second-order valence-corrected chi connectivity index (χ2v) is 32.1. The lowest BCUT2D eigenvalue weighted by Crippen LogP contribution is -2.42. The molecular weight excluding hydrogens is 1360 g/mol. The normalized spacial score (nSPS) is 14.8. The van der Waals surface area contributed by atoms with Gasteiger partial charge in [0.15, 0.2) is 0 Å². The van der Waals surface area contributed by atoms with Crippen molar-refractivity contribution in [2.45, 2.75) is 123 Å². The molecule has 9 unspecified atom stereocenters. The van der Waals surface area contributed by atoms with E-state index in [4.69, 9.17) is 34.7 Å². The maximum absolute atomic E-state index is 13.2. The second kappa shape index (κ2) is 43.5. The predicted octanol–water partition coefficient (Wildman–Crippen LogP) is 9.43. The number of carbonyl (C=O) groups is 4. The molecule has 0 aliphatic rings. The molecule has 0 bridgehead atoms. The van der Waals surface area contributed by atoms with Crippen LogP contribution in [0.5, 0.6) is 28.7 Å². The Kier molecular flexibility index (Phi) is 37.5. The van der Waals surface area contributed by atoms with Crippen molar-refractivity contribution in [1.82, 2.24) is 39.0 Å². The van der Waals surface area contributed by atoms with Gasteiger partial charge in [-0.15, -0.1) is 0 Å². The SMILES string of the molecule is CCCOC(=O)C(Cc1ccc(O)cc1)NP(C)(=O)NC(C)Cc1ccc(O)cc1.CCCOC(=O)C(Cc1ccc(O)cc1)NP(C)(=O)O.CCCOC(=O)C(Cc1ccc(O)cc1)NP(C)(=O)n1ccnc1.CCCOC(=O)C(N)Cc1ccc(O)cc1.CP(=O)(O)n1ccnc1. The van der Waals surface area contributed by atoms with Crippen molar-refractivity contribution in [3.8, 4) is 28.7 Å².